The van der Waals surface area contributed by atoms with Crippen LogP contribution in [0.3, 0.4) is 0 Å². The number of β-amino-alcohol motifs (C(OH)–C–C–N with tert-alkyl or cyclic N) is 1. The highest BCUT2D eigenvalue weighted by atomic mass is 16.5. The fourth-order valence-electron chi connectivity index (χ4n) is 6.43. The van der Waals surface area contributed by atoms with E-state index in [1.165, 1.54) is 0 Å². The number of aliphatic hydroxyl groups is 2. The van der Waals surface area contributed by atoms with Gasteiger partial charge in [0.05, 0.1) is 36.5 Å². The Labute approximate surface area is 221 Å². The van der Waals surface area contributed by atoms with Gasteiger partial charge in [-0.25, -0.2) is 9.59 Å². The summed E-state index contributed by atoms with van der Waals surface area (Å²) in [5.74, 6) is -0.607. The van der Waals surface area contributed by atoms with E-state index >= 15 is 0 Å². The lowest BCUT2D eigenvalue weighted by molar-refractivity contribution is -0.113. The molecule has 0 radical (unpaired) electrons. The molecular formula is C29H34N2O7. The average molecular weight is 523 g/mol. The number of morpholine rings is 1. The fraction of sp³-hybridized carbons (Fsp3) is 0.517. The van der Waals surface area contributed by atoms with Crippen LogP contribution < -0.4 is 0 Å². The molecule has 0 spiro atoms. The largest absolute Gasteiger partial charge is 0.459 e. The molecule has 2 bridgehead atoms. The first-order valence-corrected chi connectivity index (χ1v) is 13.3. The molecule has 38 heavy (non-hydrogen) atoms. The predicted octanol–water partition coefficient (Wildman–Crippen LogP) is 1.92. The van der Waals surface area contributed by atoms with Crippen molar-refractivity contribution >= 4 is 11.9 Å². The van der Waals surface area contributed by atoms with Crippen LogP contribution in [0.15, 0.2) is 30.3 Å². The summed E-state index contributed by atoms with van der Waals surface area (Å²) >= 11 is 0. The maximum absolute atomic E-state index is 12.1. The summed E-state index contributed by atoms with van der Waals surface area (Å²) in [6, 6.07) is 9.30. The second kappa shape index (κ2) is 10.1. The van der Waals surface area contributed by atoms with Crippen LogP contribution >= 0.6 is 0 Å². The zero-order valence-corrected chi connectivity index (χ0v) is 21.8. The van der Waals surface area contributed by atoms with E-state index in [1.54, 1.807) is 12.1 Å². The summed E-state index contributed by atoms with van der Waals surface area (Å²) in [4.78, 5) is 28.6. The van der Waals surface area contributed by atoms with Crippen LogP contribution in [-0.2, 0) is 27.2 Å². The van der Waals surface area contributed by atoms with Gasteiger partial charge in [-0.2, -0.15) is 0 Å². The molecule has 202 valence electrons. The zero-order chi connectivity index (χ0) is 26.6. The van der Waals surface area contributed by atoms with Crippen molar-refractivity contribution in [3.8, 4) is 0 Å². The van der Waals surface area contributed by atoms with Gasteiger partial charge in [-0.05, 0) is 48.2 Å². The molecule has 2 N–H and O–H groups in total. The maximum Gasteiger partial charge on any atom is 0.338 e. The summed E-state index contributed by atoms with van der Waals surface area (Å²) in [5, 5.41) is 22.3. The monoisotopic (exact) mass is 522 g/mol. The summed E-state index contributed by atoms with van der Waals surface area (Å²) in [6.07, 6.45) is -0.884. The van der Waals surface area contributed by atoms with Crippen molar-refractivity contribution in [2.24, 2.45) is 0 Å². The normalized spacial score (nSPS) is 26.8. The molecular weight excluding hydrogens is 488 g/mol. The number of carbonyl (C=O) groups excluding carboxylic acids is 2. The fourth-order valence-corrected chi connectivity index (χ4v) is 6.43. The van der Waals surface area contributed by atoms with Crippen LogP contribution in [-0.4, -0.2) is 89.5 Å². The molecule has 4 heterocycles. The second-order valence-electron chi connectivity index (χ2n) is 11.0. The number of hydrogen-bond acceptors (Lipinski definition) is 9. The molecule has 5 atom stereocenters. The lowest BCUT2D eigenvalue weighted by Crippen LogP contribution is -2.65. The molecule has 4 aliphatic heterocycles. The quantitative estimate of drug-likeness (QED) is 0.550. The van der Waals surface area contributed by atoms with E-state index in [-0.39, 0.29) is 36.7 Å². The number of benzene rings is 2. The van der Waals surface area contributed by atoms with Gasteiger partial charge in [-0.1, -0.05) is 18.2 Å². The lowest BCUT2D eigenvalue weighted by atomic mass is 9.93. The molecule has 3 unspecified atom stereocenters. The Balaban J connectivity index is 1.12. The Morgan fingerprint density at radius 1 is 0.974 bits per heavy atom. The number of esters is 2. The van der Waals surface area contributed by atoms with E-state index in [1.807, 2.05) is 32.0 Å². The third kappa shape index (κ3) is 4.63. The standard InChI is InChI=1S/C29H34N2O7/c1-16-7-19-8-18(3-4-23(19)29(35)38-16)26(32)11-30-9-20-13-36-14-21(10-30)31(20)12-27(33)22-5-6-24-25(17(22)2)15-37-28(24)34/h3-6,8,16,20-21,26-27,32-33H,7,9-15H2,1-2H3/t16-,20?,21?,26?,27+/m0/s1. The Morgan fingerprint density at radius 3 is 2.47 bits per heavy atom. The summed E-state index contributed by atoms with van der Waals surface area (Å²) in [5.41, 5.74) is 5.50. The minimum absolute atomic E-state index is 0.100. The molecule has 4 aliphatic rings. The molecule has 2 saturated heterocycles. The second-order valence-corrected chi connectivity index (χ2v) is 11.0. The van der Waals surface area contributed by atoms with Crippen LogP contribution in [0.1, 0.15) is 67.7 Å². The first-order valence-electron chi connectivity index (χ1n) is 13.3. The van der Waals surface area contributed by atoms with E-state index in [0.717, 1.165) is 40.9 Å². The Hall–Kier alpha value is -2.82. The van der Waals surface area contributed by atoms with Gasteiger partial charge in [0, 0.05) is 50.2 Å². The van der Waals surface area contributed by atoms with E-state index in [2.05, 4.69) is 9.80 Å². The third-order valence-electron chi connectivity index (χ3n) is 8.43. The van der Waals surface area contributed by atoms with E-state index in [0.29, 0.717) is 43.9 Å². The Kier molecular flexibility index (Phi) is 6.74. The number of ether oxygens (including phenoxy) is 3. The Bertz CT molecular complexity index is 1250. The number of carbonyl (C=O) groups is 2. The molecule has 9 nitrogen and oxygen atoms in total. The first kappa shape index (κ1) is 25.5. The first-order chi connectivity index (χ1) is 18.3. The van der Waals surface area contributed by atoms with Crippen molar-refractivity contribution in [2.75, 3.05) is 39.4 Å². The number of fused-ring (bicyclic) bond motifs is 4. The van der Waals surface area contributed by atoms with Gasteiger partial charge in [0.2, 0.25) is 0 Å². The van der Waals surface area contributed by atoms with Crippen LogP contribution in [0.25, 0.3) is 0 Å². The minimum atomic E-state index is -0.694. The van der Waals surface area contributed by atoms with Crippen molar-refractivity contribution in [2.45, 2.75) is 57.3 Å². The van der Waals surface area contributed by atoms with Gasteiger partial charge in [0.1, 0.15) is 12.7 Å². The van der Waals surface area contributed by atoms with Gasteiger partial charge in [0.25, 0.3) is 0 Å². The number of nitrogens with zero attached hydrogens (tertiary/aromatic N) is 2. The molecule has 6 rings (SSSR count). The van der Waals surface area contributed by atoms with E-state index in [4.69, 9.17) is 14.2 Å². The Morgan fingerprint density at radius 2 is 1.71 bits per heavy atom. The number of cyclic esters (lactones) is 2. The van der Waals surface area contributed by atoms with Crippen molar-refractivity contribution in [3.05, 3.63) is 69.3 Å². The van der Waals surface area contributed by atoms with Gasteiger partial charge in [-0.3, -0.25) is 9.80 Å². The molecule has 2 fully saturated rings. The SMILES string of the molecule is Cc1c([C@H](O)CN2C3COCC2CN(CC(O)c2ccc4c(c2)C[C@H](C)OC4=O)C3)ccc2c1COC2=O. The van der Waals surface area contributed by atoms with Crippen LogP contribution in [0.4, 0.5) is 0 Å². The van der Waals surface area contributed by atoms with Gasteiger partial charge in [-0.15, -0.1) is 0 Å². The smallest absolute Gasteiger partial charge is 0.338 e. The van der Waals surface area contributed by atoms with Crippen LogP contribution in [0.5, 0.6) is 0 Å². The molecule has 0 saturated carbocycles. The highest BCUT2D eigenvalue weighted by Gasteiger charge is 2.40. The summed E-state index contributed by atoms with van der Waals surface area (Å²) < 4.78 is 16.3. The molecule has 9 heteroatoms. The van der Waals surface area contributed by atoms with Crippen molar-refractivity contribution in [1.82, 2.24) is 9.80 Å². The average Bonchev–Trinajstić information content (AvgIpc) is 3.25. The maximum atomic E-state index is 12.1. The third-order valence-corrected chi connectivity index (χ3v) is 8.43. The van der Waals surface area contributed by atoms with Crippen molar-refractivity contribution in [3.63, 3.8) is 0 Å². The molecule has 2 aromatic carbocycles. The number of rotatable bonds is 6. The highest BCUT2D eigenvalue weighted by Crippen LogP contribution is 2.32. The van der Waals surface area contributed by atoms with Crippen molar-refractivity contribution in [1.29, 1.82) is 0 Å². The highest BCUT2D eigenvalue weighted by molar-refractivity contribution is 5.94. The molecule has 0 aromatic heterocycles. The summed E-state index contributed by atoms with van der Waals surface area (Å²) in [7, 11) is 0. The van der Waals surface area contributed by atoms with Crippen LogP contribution in [0, 0.1) is 6.92 Å². The summed E-state index contributed by atoms with van der Waals surface area (Å²) in [6.45, 7) is 7.62. The number of hydrogen-bond donors (Lipinski definition) is 2. The van der Waals surface area contributed by atoms with Crippen LogP contribution in [0.2, 0.25) is 0 Å². The number of piperazine rings is 1. The van der Waals surface area contributed by atoms with Gasteiger partial charge in [0.15, 0.2) is 0 Å². The lowest BCUT2D eigenvalue weighted by Gasteiger charge is -2.50. The van der Waals surface area contributed by atoms with Gasteiger partial charge >= 0.3 is 11.9 Å². The molecule has 0 aliphatic carbocycles. The van der Waals surface area contributed by atoms with Crippen molar-refractivity contribution < 1.29 is 34.0 Å². The zero-order valence-electron chi connectivity index (χ0n) is 21.8. The topological polar surface area (TPSA) is 109 Å². The molecule has 0 amide bonds. The van der Waals surface area contributed by atoms with E-state index in [9.17, 15) is 19.8 Å². The predicted molar refractivity (Wildman–Crippen MR) is 137 cm³/mol. The number of aliphatic hydroxyl groups excluding tert-OH is 2. The van der Waals surface area contributed by atoms with E-state index < -0.39 is 12.2 Å². The minimum Gasteiger partial charge on any atom is -0.459 e. The molecule has 2 aromatic rings. The van der Waals surface area contributed by atoms with Gasteiger partial charge < -0.3 is 24.4 Å².